The molecule has 1 aromatic carbocycles. The highest BCUT2D eigenvalue weighted by Gasteiger charge is 2.06. The lowest BCUT2D eigenvalue weighted by atomic mass is 10.2. The third-order valence-corrected chi connectivity index (χ3v) is 2.32. The maximum Gasteiger partial charge on any atom is 0.335 e. The summed E-state index contributed by atoms with van der Waals surface area (Å²) >= 11 is 5.72. The highest BCUT2D eigenvalue weighted by atomic mass is 35.5. The van der Waals surface area contributed by atoms with Crippen molar-refractivity contribution >= 4 is 23.2 Å². The lowest BCUT2D eigenvalue weighted by Gasteiger charge is -2.04. The van der Waals surface area contributed by atoms with Gasteiger partial charge in [-0.05, 0) is 30.3 Å². The van der Waals surface area contributed by atoms with Gasteiger partial charge in [0.1, 0.15) is 6.26 Å². The molecule has 0 bridgehead atoms. The lowest BCUT2D eigenvalue weighted by Crippen LogP contribution is -2.12. The number of carbonyl (C=O) groups excluding carboxylic acids is 1. The zero-order valence-electron chi connectivity index (χ0n) is 8.64. The van der Waals surface area contributed by atoms with Gasteiger partial charge in [-0.1, -0.05) is 11.6 Å². The van der Waals surface area contributed by atoms with E-state index in [4.69, 9.17) is 11.6 Å². The average molecular weight is 250 g/mol. The maximum atomic E-state index is 11.7. The molecule has 17 heavy (non-hydrogen) atoms. The summed E-state index contributed by atoms with van der Waals surface area (Å²) in [5.41, 5.74) is 0.401. The summed E-state index contributed by atoms with van der Waals surface area (Å²) in [6, 6.07) is 9.29. The molecule has 0 fully saturated rings. The Morgan fingerprint density at radius 2 is 1.82 bits per heavy atom. The van der Waals surface area contributed by atoms with Crippen LogP contribution >= 0.6 is 11.6 Å². The first-order chi connectivity index (χ1) is 8.15. The second kappa shape index (κ2) is 4.84. The van der Waals surface area contributed by atoms with Crippen LogP contribution < -0.4 is 10.9 Å². The number of rotatable bonds is 2. The van der Waals surface area contributed by atoms with Crippen LogP contribution in [0, 0.1) is 0 Å². The van der Waals surface area contributed by atoms with E-state index in [9.17, 15) is 9.59 Å². The normalized spacial score (nSPS) is 9.94. The fraction of sp³-hybridized carbons (Fsp3) is 0. The average Bonchev–Trinajstić information content (AvgIpc) is 2.33. The van der Waals surface area contributed by atoms with Gasteiger partial charge in [0, 0.05) is 16.8 Å². The monoisotopic (exact) mass is 249 g/mol. The summed E-state index contributed by atoms with van der Waals surface area (Å²) in [6.45, 7) is 0. The van der Waals surface area contributed by atoms with E-state index >= 15 is 0 Å². The molecule has 1 aromatic heterocycles. The van der Waals surface area contributed by atoms with Crippen LogP contribution in [0.4, 0.5) is 5.69 Å². The number of hydrogen-bond donors (Lipinski definition) is 1. The van der Waals surface area contributed by atoms with Crippen LogP contribution in [0.5, 0.6) is 0 Å². The van der Waals surface area contributed by atoms with Gasteiger partial charge in [-0.15, -0.1) is 0 Å². The molecule has 0 spiro atoms. The van der Waals surface area contributed by atoms with E-state index in [1.54, 1.807) is 24.3 Å². The van der Waals surface area contributed by atoms with Crippen molar-refractivity contribution in [1.29, 1.82) is 0 Å². The summed E-state index contributed by atoms with van der Waals surface area (Å²) in [5.74, 6) is -0.351. The summed E-state index contributed by atoms with van der Waals surface area (Å²) in [6.07, 6.45) is 1.12. The highest BCUT2D eigenvalue weighted by Crippen LogP contribution is 2.14. The minimum Gasteiger partial charge on any atom is -0.430 e. The van der Waals surface area contributed by atoms with Gasteiger partial charge >= 0.3 is 5.63 Å². The number of amides is 1. The second-order valence-corrected chi connectivity index (χ2v) is 3.74. The fourth-order valence-corrected chi connectivity index (χ4v) is 1.35. The van der Waals surface area contributed by atoms with Gasteiger partial charge in [0.2, 0.25) is 0 Å². The summed E-state index contributed by atoms with van der Waals surface area (Å²) < 4.78 is 4.60. The zero-order chi connectivity index (χ0) is 12.3. The van der Waals surface area contributed by atoms with E-state index in [1.807, 2.05) is 0 Å². The molecule has 0 saturated carbocycles. The molecule has 0 aliphatic rings. The topological polar surface area (TPSA) is 59.3 Å². The SMILES string of the molecule is O=C(Nc1ccc(Cl)cc1)c1ccc(=O)oc1. The smallest absolute Gasteiger partial charge is 0.335 e. The first-order valence-corrected chi connectivity index (χ1v) is 5.19. The van der Waals surface area contributed by atoms with Gasteiger partial charge in [0.15, 0.2) is 0 Å². The van der Waals surface area contributed by atoms with Crippen molar-refractivity contribution in [3.63, 3.8) is 0 Å². The standard InChI is InChI=1S/C12H8ClNO3/c13-9-2-4-10(5-3-9)14-12(16)8-1-6-11(15)17-7-8/h1-7H,(H,14,16). The molecular weight excluding hydrogens is 242 g/mol. The third-order valence-electron chi connectivity index (χ3n) is 2.07. The van der Waals surface area contributed by atoms with Gasteiger partial charge in [-0.3, -0.25) is 4.79 Å². The van der Waals surface area contributed by atoms with Crippen LogP contribution in [0.3, 0.4) is 0 Å². The maximum absolute atomic E-state index is 11.7. The Hall–Kier alpha value is -2.07. The molecule has 0 aliphatic carbocycles. The number of hydrogen-bond acceptors (Lipinski definition) is 3. The molecule has 0 aliphatic heterocycles. The van der Waals surface area contributed by atoms with E-state index in [0.717, 1.165) is 6.26 Å². The van der Waals surface area contributed by atoms with Crippen molar-refractivity contribution in [3.8, 4) is 0 Å². The van der Waals surface area contributed by atoms with Crippen molar-refractivity contribution in [3.05, 3.63) is 63.7 Å². The molecule has 2 aromatic rings. The Kier molecular flexibility index (Phi) is 3.25. The molecule has 0 unspecified atom stereocenters. The van der Waals surface area contributed by atoms with Crippen LogP contribution in [0.1, 0.15) is 10.4 Å². The Morgan fingerprint density at radius 3 is 2.41 bits per heavy atom. The largest absolute Gasteiger partial charge is 0.430 e. The zero-order valence-corrected chi connectivity index (χ0v) is 9.40. The molecule has 5 heteroatoms. The third kappa shape index (κ3) is 2.95. The number of anilines is 1. The highest BCUT2D eigenvalue weighted by molar-refractivity contribution is 6.30. The molecule has 2 rings (SSSR count). The van der Waals surface area contributed by atoms with Crippen molar-refractivity contribution in [2.24, 2.45) is 0 Å². The van der Waals surface area contributed by atoms with Crippen LogP contribution in [-0.4, -0.2) is 5.91 Å². The Bertz CT molecular complexity index is 569. The lowest BCUT2D eigenvalue weighted by molar-refractivity contribution is 0.102. The van der Waals surface area contributed by atoms with Crippen LogP contribution in [0.15, 0.2) is 51.9 Å². The molecule has 0 atom stereocenters. The van der Waals surface area contributed by atoms with Gasteiger partial charge in [0.05, 0.1) is 5.56 Å². The number of nitrogens with one attached hydrogen (secondary N) is 1. The summed E-state index contributed by atoms with van der Waals surface area (Å²) in [7, 11) is 0. The molecule has 0 saturated heterocycles. The molecule has 86 valence electrons. The molecule has 1 N–H and O–H groups in total. The number of carbonyl (C=O) groups is 1. The molecule has 1 amide bonds. The predicted octanol–water partition coefficient (Wildman–Crippen LogP) is 2.55. The first kappa shape index (κ1) is 11.4. The molecule has 4 nitrogen and oxygen atoms in total. The molecule has 0 radical (unpaired) electrons. The summed E-state index contributed by atoms with van der Waals surface area (Å²) in [5, 5.41) is 3.24. The fourth-order valence-electron chi connectivity index (χ4n) is 1.22. The number of benzene rings is 1. The molecule has 1 heterocycles. The Labute approximate surface area is 102 Å². The van der Waals surface area contributed by atoms with E-state index in [0.29, 0.717) is 10.7 Å². The van der Waals surface area contributed by atoms with Crippen LogP contribution in [0.25, 0.3) is 0 Å². The van der Waals surface area contributed by atoms with Crippen molar-refractivity contribution in [2.45, 2.75) is 0 Å². The minimum atomic E-state index is -0.493. The van der Waals surface area contributed by atoms with Crippen molar-refractivity contribution in [1.82, 2.24) is 0 Å². The summed E-state index contributed by atoms with van der Waals surface area (Å²) in [4.78, 5) is 22.4. The number of halogens is 1. The van der Waals surface area contributed by atoms with Crippen molar-refractivity contribution in [2.75, 3.05) is 5.32 Å². The quantitative estimate of drug-likeness (QED) is 0.890. The Balaban J connectivity index is 2.14. The van der Waals surface area contributed by atoms with E-state index in [1.165, 1.54) is 12.1 Å². The minimum absolute atomic E-state index is 0.277. The van der Waals surface area contributed by atoms with E-state index in [-0.39, 0.29) is 11.5 Å². The first-order valence-electron chi connectivity index (χ1n) is 4.81. The Morgan fingerprint density at radius 1 is 1.12 bits per heavy atom. The molecular formula is C12H8ClNO3. The van der Waals surface area contributed by atoms with Crippen LogP contribution in [0.2, 0.25) is 5.02 Å². The van der Waals surface area contributed by atoms with Crippen molar-refractivity contribution < 1.29 is 9.21 Å². The van der Waals surface area contributed by atoms with Gasteiger partial charge in [0.25, 0.3) is 5.91 Å². The van der Waals surface area contributed by atoms with Gasteiger partial charge in [-0.25, -0.2) is 4.79 Å². The van der Waals surface area contributed by atoms with Crippen LogP contribution in [-0.2, 0) is 0 Å². The van der Waals surface area contributed by atoms with Gasteiger partial charge < -0.3 is 9.73 Å². The van der Waals surface area contributed by atoms with Gasteiger partial charge in [-0.2, -0.15) is 0 Å². The van der Waals surface area contributed by atoms with E-state index < -0.39 is 5.63 Å². The van der Waals surface area contributed by atoms with E-state index in [2.05, 4.69) is 9.73 Å². The second-order valence-electron chi connectivity index (χ2n) is 3.30. The predicted molar refractivity (Wildman–Crippen MR) is 64.4 cm³/mol.